The maximum Gasteiger partial charge on any atom is 0.410 e. The van der Waals surface area contributed by atoms with Crippen molar-refractivity contribution in [3.05, 3.63) is 96.7 Å². The number of carbonyl (C=O) groups excluding carboxylic acids is 2. The van der Waals surface area contributed by atoms with E-state index in [0.29, 0.717) is 37.6 Å². The van der Waals surface area contributed by atoms with Crippen LogP contribution in [0.15, 0.2) is 74.9 Å². The Bertz CT molecular complexity index is 1360. The topological polar surface area (TPSA) is 115 Å². The molecule has 2 atom stereocenters. The number of imidazole rings is 1. The first-order valence-electron chi connectivity index (χ1n) is 16.9. The fourth-order valence-electron chi connectivity index (χ4n) is 5.20. The highest BCUT2D eigenvalue weighted by Gasteiger charge is 2.36. The van der Waals surface area contributed by atoms with Gasteiger partial charge in [-0.2, -0.15) is 0 Å². The van der Waals surface area contributed by atoms with Crippen LogP contribution in [-0.2, 0) is 21.3 Å². The summed E-state index contributed by atoms with van der Waals surface area (Å²) in [7, 11) is 3.42. The summed E-state index contributed by atoms with van der Waals surface area (Å²) < 4.78 is 12.8. The Balaban J connectivity index is 0.00000234. The predicted octanol–water partition coefficient (Wildman–Crippen LogP) is 7.85. The Morgan fingerprint density at radius 2 is 1.69 bits per heavy atom. The molecule has 1 aliphatic carbocycles. The Morgan fingerprint density at radius 1 is 1.12 bits per heavy atom. The zero-order chi connectivity index (χ0) is 37.9. The van der Waals surface area contributed by atoms with Crippen molar-refractivity contribution in [2.45, 2.75) is 85.6 Å². The van der Waals surface area contributed by atoms with Crippen molar-refractivity contribution >= 4 is 29.2 Å². The second-order valence-electron chi connectivity index (χ2n) is 11.5. The van der Waals surface area contributed by atoms with Crippen molar-refractivity contribution in [2.24, 2.45) is 12.8 Å². The molecule has 1 aromatic carbocycles. The largest absolute Gasteiger partial charge is 0.447 e. The number of piperazine rings is 1. The summed E-state index contributed by atoms with van der Waals surface area (Å²) >= 11 is 6.58. The van der Waals surface area contributed by atoms with Gasteiger partial charge in [-0.25, -0.2) is 9.78 Å². The molecular formula is C38H61ClN6O4. The van der Waals surface area contributed by atoms with Gasteiger partial charge in [0.15, 0.2) is 0 Å². The van der Waals surface area contributed by atoms with E-state index in [-0.39, 0.29) is 24.1 Å². The number of carbonyl (C=O) groups is 2. The number of allylic oxidation sites excluding steroid dienone is 1. The molecule has 10 nitrogen and oxygen atoms in total. The van der Waals surface area contributed by atoms with E-state index in [1.54, 1.807) is 31.3 Å². The van der Waals surface area contributed by atoms with Crippen molar-refractivity contribution in [1.29, 1.82) is 0 Å². The van der Waals surface area contributed by atoms with Crippen molar-refractivity contribution in [2.75, 3.05) is 33.3 Å². The lowest BCUT2D eigenvalue weighted by atomic mass is 9.90. The molecule has 11 heteroatoms. The molecule has 1 aromatic heterocycles. The van der Waals surface area contributed by atoms with Gasteiger partial charge in [0.2, 0.25) is 0 Å². The molecule has 0 spiro atoms. The van der Waals surface area contributed by atoms with E-state index in [2.05, 4.69) is 59.4 Å². The van der Waals surface area contributed by atoms with Crippen molar-refractivity contribution < 1.29 is 19.1 Å². The van der Waals surface area contributed by atoms with Crippen LogP contribution in [0.1, 0.15) is 90.7 Å². The SMILES string of the molecule is C=C.C=C1C=C([C@@H](NC(=O)C(C)(C)OC)c2cncn2C)c2cc(Cl)ccc2[C@H](N2CCN(C(=O)OC(C)C)CC2)C1.C=CN.CC.CC. The minimum absolute atomic E-state index is 0.0232. The van der Waals surface area contributed by atoms with E-state index in [1.165, 1.54) is 13.3 Å². The van der Waals surface area contributed by atoms with Gasteiger partial charge in [-0.1, -0.05) is 70.2 Å². The number of aromatic nitrogens is 2. The molecule has 0 bridgehead atoms. The molecule has 0 unspecified atom stereocenters. The van der Waals surface area contributed by atoms with Gasteiger partial charge in [-0.05, 0) is 69.1 Å². The van der Waals surface area contributed by atoms with E-state index >= 15 is 0 Å². The lowest BCUT2D eigenvalue weighted by Crippen LogP contribution is -2.50. The fourth-order valence-corrected chi connectivity index (χ4v) is 5.37. The van der Waals surface area contributed by atoms with Crippen LogP contribution in [0, 0.1) is 0 Å². The number of aryl methyl sites for hydroxylation is 1. The van der Waals surface area contributed by atoms with Gasteiger partial charge in [-0.15, -0.1) is 13.2 Å². The summed E-state index contributed by atoms with van der Waals surface area (Å²) in [4.78, 5) is 34.3. The highest BCUT2D eigenvalue weighted by Crippen LogP contribution is 2.43. The number of hydrogen-bond donors (Lipinski definition) is 2. The van der Waals surface area contributed by atoms with Crippen LogP contribution in [0.2, 0.25) is 5.02 Å². The molecule has 49 heavy (non-hydrogen) atoms. The first kappa shape index (κ1) is 45.1. The van der Waals surface area contributed by atoms with E-state index in [4.69, 9.17) is 21.1 Å². The van der Waals surface area contributed by atoms with Crippen LogP contribution in [0.25, 0.3) is 5.57 Å². The van der Waals surface area contributed by atoms with Crippen LogP contribution in [0.4, 0.5) is 4.79 Å². The third-order valence-electron chi connectivity index (χ3n) is 7.64. The predicted molar refractivity (Wildman–Crippen MR) is 204 cm³/mol. The van der Waals surface area contributed by atoms with Crippen molar-refractivity contribution in [3.63, 3.8) is 0 Å². The zero-order valence-electron chi connectivity index (χ0n) is 31.5. The van der Waals surface area contributed by atoms with Crippen LogP contribution in [-0.4, -0.2) is 76.3 Å². The molecular weight excluding hydrogens is 640 g/mol. The van der Waals surface area contributed by atoms with E-state index in [9.17, 15) is 9.59 Å². The van der Waals surface area contributed by atoms with Crippen LogP contribution < -0.4 is 11.1 Å². The maximum absolute atomic E-state index is 13.4. The van der Waals surface area contributed by atoms with Gasteiger partial charge in [0.25, 0.3) is 5.91 Å². The summed E-state index contributed by atoms with van der Waals surface area (Å²) in [6, 6.07) is 5.43. The average Bonchev–Trinajstić information content (AvgIpc) is 3.47. The van der Waals surface area contributed by atoms with Crippen LogP contribution in [0.5, 0.6) is 0 Å². The smallest absolute Gasteiger partial charge is 0.410 e. The van der Waals surface area contributed by atoms with Gasteiger partial charge >= 0.3 is 6.09 Å². The number of hydrogen-bond acceptors (Lipinski definition) is 7. The third kappa shape index (κ3) is 12.8. The molecule has 2 amide bonds. The average molecular weight is 701 g/mol. The minimum Gasteiger partial charge on any atom is -0.447 e. The first-order chi connectivity index (χ1) is 23.3. The second-order valence-corrected chi connectivity index (χ2v) is 11.9. The molecule has 1 aliphatic heterocycles. The molecule has 0 radical (unpaired) electrons. The summed E-state index contributed by atoms with van der Waals surface area (Å²) in [6.45, 7) is 31.3. The van der Waals surface area contributed by atoms with Gasteiger partial charge in [0.1, 0.15) is 5.60 Å². The number of rotatable bonds is 7. The number of ether oxygens (including phenoxy) is 2. The number of nitrogens with two attached hydrogens (primary N) is 1. The Hall–Kier alpha value is -3.86. The van der Waals surface area contributed by atoms with Crippen molar-refractivity contribution in [3.8, 4) is 0 Å². The number of nitrogens with zero attached hydrogens (tertiary/aromatic N) is 4. The molecule has 4 rings (SSSR count). The molecule has 0 saturated carbocycles. The molecule has 2 heterocycles. The quantitative estimate of drug-likeness (QED) is 0.283. The number of fused-ring (bicyclic) bond motifs is 1. The van der Waals surface area contributed by atoms with E-state index in [1.807, 2.05) is 65.3 Å². The monoisotopic (exact) mass is 700 g/mol. The van der Waals surface area contributed by atoms with Gasteiger partial charge in [0, 0.05) is 51.4 Å². The molecule has 2 aliphatic rings. The standard InChI is InChI=1S/C30H40ClN5O4.C2H5N.2C2H6.C2H4/c1-19(2)40-29(38)36-12-10-35(11-13-36)25-15-20(3)14-24(23-16-21(31)8-9-22(23)25)27(26-17-32-18-34(26)6)33-28(37)30(4,5)39-7;1-2-3;3*1-2/h8-9,14,16-19,25,27H,3,10-13,15H2,1-2,4-7H3,(H,33,37);2H,1,3H2;2*1-2H3;1-2H2/t25-,27-;;;;/m1..../s1. The molecule has 1 fully saturated rings. The van der Waals surface area contributed by atoms with Crippen molar-refractivity contribution in [1.82, 2.24) is 24.7 Å². The minimum atomic E-state index is -1.03. The Kier molecular flexibility index (Phi) is 20.9. The molecule has 2 aromatic rings. The highest BCUT2D eigenvalue weighted by molar-refractivity contribution is 6.30. The first-order valence-corrected chi connectivity index (χ1v) is 17.2. The number of methoxy groups -OCH3 is 1. The second kappa shape index (κ2) is 22.7. The van der Waals surface area contributed by atoms with E-state index in [0.717, 1.165) is 28.0 Å². The maximum atomic E-state index is 13.4. The normalized spacial score (nSPS) is 16.2. The lowest BCUT2D eigenvalue weighted by molar-refractivity contribution is -0.140. The fraction of sp³-hybridized carbons (Fsp3) is 0.500. The third-order valence-corrected chi connectivity index (χ3v) is 7.88. The highest BCUT2D eigenvalue weighted by atomic mass is 35.5. The van der Waals surface area contributed by atoms with Gasteiger partial charge < -0.3 is 30.0 Å². The summed E-state index contributed by atoms with van der Waals surface area (Å²) in [5.41, 5.74) is 8.25. The number of benzene rings is 1. The van der Waals surface area contributed by atoms with Gasteiger partial charge in [0.05, 0.1) is 30.4 Å². The number of nitrogens with one attached hydrogen (secondary N) is 1. The molecule has 274 valence electrons. The summed E-state index contributed by atoms with van der Waals surface area (Å²) in [5.74, 6) is -0.249. The molecule has 1 saturated heterocycles. The summed E-state index contributed by atoms with van der Waals surface area (Å²) in [5, 5.41) is 3.81. The number of halogens is 1. The summed E-state index contributed by atoms with van der Waals surface area (Å²) in [6.07, 6.45) is 7.06. The zero-order valence-corrected chi connectivity index (χ0v) is 32.3. The molecule has 3 N–H and O–H groups in total. The number of amides is 2. The van der Waals surface area contributed by atoms with Gasteiger partial charge in [-0.3, -0.25) is 9.69 Å². The Morgan fingerprint density at radius 3 is 2.18 bits per heavy atom. The van der Waals surface area contributed by atoms with Crippen LogP contribution >= 0.6 is 11.6 Å². The lowest BCUT2D eigenvalue weighted by Gasteiger charge is -2.39. The van der Waals surface area contributed by atoms with Crippen LogP contribution in [0.3, 0.4) is 0 Å². The Labute approximate surface area is 300 Å². The van der Waals surface area contributed by atoms with E-state index < -0.39 is 11.6 Å².